The average Bonchev–Trinajstić information content (AvgIpc) is 3.22. The molecular weight excluding hydrogens is 302 g/mol. The Morgan fingerprint density at radius 1 is 1.33 bits per heavy atom. The Hall–Kier alpha value is -2.21. The third-order valence-electron chi connectivity index (χ3n) is 4.67. The number of carbonyl (C=O) groups excluding carboxylic acids is 1. The van der Waals surface area contributed by atoms with Crippen LogP contribution in [-0.2, 0) is 17.9 Å². The molecule has 1 aliphatic rings. The fraction of sp³-hybridized carbons (Fsp3) is 0.500. The minimum atomic E-state index is 0.168. The monoisotopic (exact) mass is 327 g/mol. The van der Waals surface area contributed by atoms with Gasteiger partial charge >= 0.3 is 0 Å². The molecule has 0 radical (unpaired) electrons. The van der Waals surface area contributed by atoms with Crippen LogP contribution in [0.4, 0.5) is 0 Å². The molecule has 1 aromatic heterocycles. The number of carbonyl (C=O) groups is 1. The summed E-state index contributed by atoms with van der Waals surface area (Å²) in [6.45, 7) is 4.97. The molecule has 0 bridgehead atoms. The molecule has 6 heteroatoms. The summed E-state index contributed by atoms with van der Waals surface area (Å²) in [5.74, 6) is 0.168. The van der Waals surface area contributed by atoms with E-state index < -0.39 is 0 Å². The van der Waals surface area contributed by atoms with Crippen LogP contribution in [0.25, 0.3) is 0 Å². The van der Waals surface area contributed by atoms with E-state index in [2.05, 4.69) is 46.2 Å². The van der Waals surface area contributed by atoms with Crippen molar-refractivity contribution in [3.63, 3.8) is 0 Å². The number of aromatic nitrogens is 3. The molecule has 1 aliphatic heterocycles. The molecule has 6 nitrogen and oxygen atoms in total. The van der Waals surface area contributed by atoms with Crippen LogP contribution in [0.2, 0.25) is 0 Å². The van der Waals surface area contributed by atoms with E-state index in [0.29, 0.717) is 19.1 Å². The highest BCUT2D eigenvalue weighted by Gasteiger charge is 2.27. The van der Waals surface area contributed by atoms with E-state index in [9.17, 15) is 4.79 Å². The fourth-order valence-corrected chi connectivity index (χ4v) is 3.20. The standard InChI is InChI=1S/C18H25N5O/c1-15-5-7-16(8-6-15)10-21(2)18(24)12-22-9-3-4-17(22)11-23-14-19-13-20-23/h5-8,13-14,17H,3-4,9-12H2,1-2H3/t17-/m0/s1. The molecule has 128 valence electrons. The van der Waals surface area contributed by atoms with E-state index in [4.69, 9.17) is 0 Å². The molecule has 1 saturated heterocycles. The fourth-order valence-electron chi connectivity index (χ4n) is 3.20. The molecule has 0 N–H and O–H groups in total. The molecule has 0 unspecified atom stereocenters. The van der Waals surface area contributed by atoms with Crippen molar-refractivity contribution in [1.82, 2.24) is 24.6 Å². The van der Waals surface area contributed by atoms with Crippen LogP contribution in [0.3, 0.4) is 0 Å². The Labute approximate surface area is 143 Å². The summed E-state index contributed by atoms with van der Waals surface area (Å²) in [5.41, 5.74) is 2.40. The van der Waals surface area contributed by atoms with E-state index in [1.807, 2.05) is 16.6 Å². The van der Waals surface area contributed by atoms with E-state index in [1.54, 1.807) is 12.7 Å². The predicted octanol–water partition coefficient (Wildman–Crippen LogP) is 1.71. The minimum absolute atomic E-state index is 0.168. The first kappa shape index (κ1) is 16.6. The highest BCUT2D eigenvalue weighted by molar-refractivity contribution is 5.78. The number of benzene rings is 1. The summed E-state index contributed by atoms with van der Waals surface area (Å²) in [6.07, 6.45) is 5.53. The van der Waals surface area contributed by atoms with Gasteiger partial charge in [-0.25, -0.2) is 4.98 Å². The molecule has 3 rings (SSSR count). The summed E-state index contributed by atoms with van der Waals surface area (Å²) in [6, 6.07) is 8.71. The number of likely N-dealkylation sites (N-methyl/N-ethyl adjacent to an activating group) is 1. The van der Waals surface area contributed by atoms with Gasteiger partial charge < -0.3 is 4.90 Å². The second-order valence-corrected chi connectivity index (χ2v) is 6.62. The topological polar surface area (TPSA) is 54.3 Å². The van der Waals surface area contributed by atoms with Crippen molar-refractivity contribution >= 4 is 5.91 Å². The number of nitrogens with zero attached hydrogens (tertiary/aromatic N) is 5. The first-order valence-electron chi connectivity index (χ1n) is 8.48. The zero-order valence-corrected chi connectivity index (χ0v) is 14.4. The summed E-state index contributed by atoms with van der Waals surface area (Å²) < 4.78 is 1.85. The Balaban J connectivity index is 1.53. The lowest BCUT2D eigenvalue weighted by atomic mass is 10.1. The van der Waals surface area contributed by atoms with Gasteiger partial charge in [-0.3, -0.25) is 14.4 Å². The second kappa shape index (κ2) is 7.57. The highest BCUT2D eigenvalue weighted by atomic mass is 16.2. The lowest BCUT2D eigenvalue weighted by Gasteiger charge is -2.26. The van der Waals surface area contributed by atoms with Gasteiger partial charge in [0, 0.05) is 19.6 Å². The van der Waals surface area contributed by atoms with Crippen LogP contribution >= 0.6 is 0 Å². The smallest absolute Gasteiger partial charge is 0.236 e. The summed E-state index contributed by atoms with van der Waals surface area (Å²) >= 11 is 0. The number of rotatable bonds is 6. The van der Waals surface area contributed by atoms with Gasteiger partial charge in [-0.2, -0.15) is 5.10 Å². The highest BCUT2D eigenvalue weighted by Crippen LogP contribution is 2.18. The maximum atomic E-state index is 12.6. The lowest BCUT2D eigenvalue weighted by molar-refractivity contribution is -0.131. The Kier molecular flexibility index (Phi) is 5.25. The number of amides is 1. The van der Waals surface area contributed by atoms with Crippen LogP contribution in [-0.4, -0.2) is 56.7 Å². The zero-order chi connectivity index (χ0) is 16.9. The number of hydrogen-bond donors (Lipinski definition) is 0. The van der Waals surface area contributed by atoms with E-state index in [1.165, 1.54) is 5.56 Å². The van der Waals surface area contributed by atoms with Crippen molar-refractivity contribution in [3.05, 3.63) is 48.0 Å². The first-order valence-corrected chi connectivity index (χ1v) is 8.48. The molecule has 1 atom stereocenters. The number of likely N-dealkylation sites (tertiary alicyclic amines) is 1. The summed E-state index contributed by atoms with van der Waals surface area (Å²) in [4.78, 5) is 20.6. The maximum Gasteiger partial charge on any atom is 0.236 e. The van der Waals surface area contributed by atoms with Crippen molar-refractivity contribution < 1.29 is 4.79 Å². The molecule has 0 aliphatic carbocycles. The Morgan fingerprint density at radius 3 is 2.83 bits per heavy atom. The van der Waals surface area contributed by atoms with Crippen LogP contribution in [0.5, 0.6) is 0 Å². The van der Waals surface area contributed by atoms with Gasteiger partial charge in [0.1, 0.15) is 12.7 Å². The summed E-state index contributed by atoms with van der Waals surface area (Å²) in [5, 5.41) is 4.17. The molecule has 0 saturated carbocycles. The molecule has 1 amide bonds. The second-order valence-electron chi connectivity index (χ2n) is 6.62. The molecule has 24 heavy (non-hydrogen) atoms. The van der Waals surface area contributed by atoms with Crippen LogP contribution in [0.15, 0.2) is 36.9 Å². The third-order valence-corrected chi connectivity index (χ3v) is 4.67. The lowest BCUT2D eigenvalue weighted by Crippen LogP contribution is -2.41. The van der Waals surface area contributed by atoms with Crippen molar-refractivity contribution in [1.29, 1.82) is 0 Å². The van der Waals surface area contributed by atoms with Crippen molar-refractivity contribution in [2.24, 2.45) is 0 Å². The van der Waals surface area contributed by atoms with Gasteiger partial charge in [0.25, 0.3) is 0 Å². The Morgan fingerprint density at radius 2 is 2.12 bits per heavy atom. The van der Waals surface area contributed by atoms with Crippen molar-refractivity contribution in [3.8, 4) is 0 Å². The van der Waals surface area contributed by atoms with Crippen LogP contribution < -0.4 is 0 Å². The molecule has 2 aromatic rings. The van der Waals surface area contributed by atoms with Crippen molar-refractivity contribution in [2.75, 3.05) is 20.1 Å². The van der Waals surface area contributed by atoms with Gasteiger partial charge in [-0.1, -0.05) is 29.8 Å². The van der Waals surface area contributed by atoms with E-state index in [0.717, 1.165) is 31.5 Å². The molecule has 0 spiro atoms. The van der Waals surface area contributed by atoms with E-state index in [-0.39, 0.29) is 5.91 Å². The van der Waals surface area contributed by atoms with Gasteiger partial charge in [-0.15, -0.1) is 0 Å². The first-order chi connectivity index (χ1) is 11.6. The predicted molar refractivity (Wildman–Crippen MR) is 92.3 cm³/mol. The number of aryl methyl sites for hydroxylation is 1. The van der Waals surface area contributed by atoms with Crippen LogP contribution in [0, 0.1) is 6.92 Å². The Bertz CT molecular complexity index is 653. The molecular formula is C18H25N5O. The van der Waals surface area contributed by atoms with Crippen LogP contribution in [0.1, 0.15) is 24.0 Å². The third kappa shape index (κ3) is 4.20. The van der Waals surface area contributed by atoms with E-state index >= 15 is 0 Å². The van der Waals surface area contributed by atoms with Gasteiger partial charge in [0.2, 0.25) is 5.91 Å². The average molecular weight is 327 g/mol. The number of hydrogen-bond acceptors (Lipinski definition) is 4. The molecule has 1 aromatic carbocycles. The normalized spacial score (nSPS) is 18.0. The van der Waals surface area contributed by atoms with Crippen molar-refractivity contribution in [2.45, 2.75) is 38.9 Å². The summed E-state index contributed by atoms with van der Waals surface area (Å²) in [7, 11) is 1.88. The minimum Gasteiger partial charge on any atom is -0.340 e. The van der Waals surface area contributed by atoms with Gasteiger partial charge in [-0.05, 0) is 31.9 Å². The van der Waals surface area contributed by atoms with Gasteiger partial charge in [0.05, 0.1) is 13.1 Å². The SMILES string of the molecule is Cc1ccc(CN(C)C(=O)CN2CCC[C@H]2Cn2cncn2)cc1. The molecule has 1 fully saturated rings. The molecule has 2 heterocycles. The quantitative estimate of drug-likeness (QED) is 0.810. The largest absolute Gasteiger partial charge is 0.340 e. The maximum absolute atomic E-state index is 12.6. The van der Waals surface area contributed by atoms with Gasteiger partial charge in [0.15, 0.2) is 0 Å². The zero-order valence-electron chi connectivity index (χ0n) is 14.4.